The highest BCUT2D eigenvalue weighted by molar-refractivity contribution is 6.10. The Kier molecular flexibility index (Phi) is 5.70. The number of hydrogen-bond donors (Lipinski definition) is 1. The minimum atomic E-state index is -0.478. The van der Waals surface area contributed by atoms with E-state index < -0.39 is 11.9 Å². The lowest BCUT2D eigenvalue weighted by Crippen LogP contribution is -2.14. The first kappa shape index (κ1) is 18.0. The van der Waals surface area contributed by atoms with Crippen LogP contribution in [0.4, 0.5) is 5.69 Å². The van der Waals surface area contributed by atoms with E-state index in [1.54, 1.807) is 30.3 Å². The lowest BCUT2D eigenvalue weighted by Gasteiger charge is -2.09. The summed E-state index contributed by atoms with van der Waals surface area (Å²) >= 11 is 0. The van der Waals surface area contributed by atoms with Gasteiger partial charge in [0.1, 0.15) is 11.6 Å². The number of ether oxygens (including phenoxy) is 1. The maximum absolute atomic E-state index is 12.4. The van der Waals surface area contributed by atoms with E-state index >= 15 is 0 Å². The number of aryl methyl sites for hydroxylation is 1. The molecule has 0 bridgehead atoms. The van der Waals surface area contributed by atoms with Crippen LogP contribution < -0.4 is 5.32 Å². The number of nitrogens with one attached hydrogen (secondary N) is 1. The van der Waals surface area contributed by atoms with Crippen LogP contribution in [0, 0.1) is 25.2 Å². The predicted octanol–water partition coefficient (Wildman–Crippen LogP) is 3.64. The van der Waals surface area contributed by atoms with Gasteiger partial charge in [-0.15, -0.1) is 0 Å². The van der Waals surface area contributed by atoms with Crippen molar-refractivity contribution in [3.8, 4) is 6.07 Å². The number of nitriles is 1. The Hall–Kier alpha value is -3.39. The molecular formula is C20H18N2O3. The Labute approximate surface area is 146 Å². The Bertz CT molecular complexity index is 875. The number of nitrogens with zero attached hydrogens (tertiary/aromatic N) is 1. The molecule has 0 heterocycles. The topological polar surface area (TPSA) is 79.2 Å². The zero-order chi connectivity index (χ0) is 18.4. The van der Waals surface area contributed by atoms with Gasteiger partial charge in [0, 0.05) is 5.69 Å². The number of rotatable bonds is 4. The van der Waals surface area contributed by atoms with Crippen molar-refractivity contribution in [2.24, 2.45) is 0 Å². The van der Waals surface area contributed by atoms with Gasteiger partial charge in [-0.2, -0.15) is 5.26 Å². The second-order valence-electron chi connectivity index (χ2n) is 5.49. The molecule has 0 unspecified atom stereocenters. The summed E-state index contributed by atoms with van der Waals surface area (Å²) in [4.78, 5) is 23.8. The van der Waals surface area contributed by atoms with Gasteiger partial charge in [0.25, 0.3) is 5.91 Å². The smallest absolute Gasteiger partial charge is 0.337 e. The summed E-state index contributed by atoms with van der Waals surface area (Å²) in [6.07, 6.45) is 1.47. The van der Waals surface area contributed by atoms with Crippen LogP contribution in [0.3, 0.4) is 0 Å². The molecule has 0 atom stereocenters. The Morgan fingerprint density at radius 1 is 1.12 bits per heavy atom. The molecule has 5 heteroatoms. The van der Waals surface area contributed by atoms with E-state index in [0.29, 0.717) is 16.8 Å². The zero-order valence-electron chi connectivity index (χ0n) is 14.3. The van der Waals surface area contributed by atoms with Crippen LogP contribution in [-0.2, 0) is 9.53 Å². The molecule has 2 aromatic rings. The summed E-state index contributed by atoms with van der Waals surface area (Å²) in [5, 5.41) is 12.0. The molecule has 0 spiro atoms. The van der Waals surface area contributed by atoms with Crippen molar-refractivity contribution in [1.82, 2.24) is 0 Å². The van der Waals surface area contributed by atoms with Gasteiger partial charge in [-0.3, -0.25) is 4.79 Å². The van der Waals surface area contributed by atoms with E-state index in [-0.39, 0.29) is 5.57 Å². The summed E-state index contributed by atoms with van der Waals surface area (Å²) < 4.78 is 4.63. The lowest BCUT2D eigenvalue weighted by atomic mass is 10.1. The van der Waals surface area contributed by atoms with Gasteiger partial charge in [-0.05, 0) is 54.8 Å². The Morgan fingerprint density at radius 3 is 2.40 bits per heavy atom. The van der Waals surface area contributed by atoms with E-state index in [0.717, 1.165) is 11.1 Å². The van der Waals surface area contributed by atoms with Crippen LogP contribution in [0.5, 0.6) is 0 Å². The summed E-state index contributed by atoms with van der Waals surface area (Å²) in [7, 11) is 1.31. The van der Waals surface area contributed by atoms with E-state index in [9.17, 15) is 14.9 Å². The Balaban J connectivity index is 2.22. The number of amides is 1. The molecule has 0 radical (unpaired) electrons. The Morgan fingerprint density at radius 2 is 1.80 bits per heavy atom. The summed E-state index contributed by atoms with van der Waals surface area (Å²) in [6, 6.07) is 14.0. The van der Waals surface area contributed by atoms with Crippen molar-refractivity contribution in [2.45, 2.75) is 13.8 Å². The molecule has 0 saturated carbocycles. The molecular weight excluding hydrogens is 316 g/mol. The molecule has 2 aromatic carbocycles. The average molecular weight is 334 g/mol. The number of methoxy groups -OCH3 is 1. The summed E-state index contributed by atoms with van der Waals surface area (Å²) in [6.45, 7) is 3.86. The van der Waals surface area contributed by atoms with Gasteiger partial charge < -0.3 is 10.1 Å². The molecule has 0 aliphatic heterocycles. The maximum Gasteiger partial charge on any atom is 0.337 e. The van der Waals surface area contributed by atoms with Gasteiger partial charge >= 0.3 is 5.97 Å². The van der Waals surface area contributed by atoms with Gasteiger partial charge in [-0.25, -0.2) is 4.79 Å². The van der Waals surface area contributed by atoms with Crippen LogP contribution in [-0.4, -0.2) is 19.0 Å². The third-order valence-electron chi connectivity index (χ3n) is 3.86. The van der Waals surface area contributed by atoms with Crippen molar-refractivity contribution in [1.29, 1.82) is 5.26 Å². The third-order valence-corrected chi connectivity index (χ3v) is 3.86. The predicted molar refractivity (Wildman–Crippen MR) is 95.9 cm³/mol. The number of carbonyl (C=O) groups is 2. The largest absolute Gasteiger partial charge is 0.465 e. The average Bonchev–Trinajstić information content (AvgIpc) is 2.63. The standard InChI is InChI=1S/C20H18N2O3/c1-13-5-4-6-18(14(13)2)22-19(23)17(12-21)11-15-7-9-16(10-8-15)20(24)25-3/h4-11H,1-3H3,(H,22,23)/b17-11+. The summed E-state index contributed by atoms with van der Waals surface area (Å²) in [5.41, 5.74) is 3.70. The normalized spacial score (nSPS) is 10.7. The van der Waals surface area contributed by atoms with Crippen molar-refractivity contribution in [3.63, 3.8) is 0 Å². The van der Waals surface area contributed by atoms with Crippen LogP contribution in [0.15, 0.2) is 48.0 Å². The van der Waals surface area contributed by atoms with Crippen LogP contribution >= 0.6 is 0 Å². The molecule has 126 valence electrons. The van der Waals surface area contributed by atoms with Crippen LogP contribution in [0.2, 0.25) is 0 Å². The minimum Gasteiger partial charge on any atom is -0.465 e. The van der Waals surface area contributed by atoms with Gasteiger partial charge in [-0.1, -0.05) is 24.3 Å². The highest BCUT2D eigenvalue weighted by Crippen LogP contribution is 2.19. The number of esters is 1. The van der Waals surface area contributed by atoms with E-state index in [4.69, 9.17) is 0 Å². The number of hydrogen-bond acceptors (Lipinski definition) is 4. The molecule has 0 aliphatic rings. The second kappa shape index (κ2) is 7.93. The SMILES string of the molecule is COC(=O)c1ccc(/C=C(\C#N)C(=O)Nc2cccc(C)c2C)cc1. The first-order valence-electron chi connectivity index (χ1n) is 7.64. The van der Waals surface area contributed by atoms with E-state index in [2.05, 4.69) is 10.1 Å². The molecule has 0 aromatic heterocycles. The fourth-order valence-electron chi connectivity index (χ4n) is 2.22. The molecule has 0 aliphatic carbocycles. The summed E-state index contributed by atoms with van der Waals surface area (Å²) in [5.74, 6) is -0.919. The fraction of sp³-hybridized carbons (Fsp3) is 0.150. The van der Waals surface area contributed by atoms with E-state index in [1.165, 1.54) is 13.2 Å². The quantitative estimate of drug-likeness (QED) is 0.526. The molecule has 1 N–H and O–H groups in total. The van der Waals surface area contributed by atoms with Crippen LogP contribution in [0.1, 0.15) is 27.0 Å². The first-order chi connectivity index (χ1) is 12.0. The van der Waals surface area contributed by atoms with Gasteiger partial charge in [0.2, 0.25) is 0 Å². The molecule has 0 saturated heterocycles. The van der Waals surface area contributed by atoms with E-state index in [1.807, 2.05) is 32.0 Å². The molecule has 5 nitrogen and oxygen atoms in total. The maximum atomic E-state index is 12.4. The van der Waals surface area contributed by atoms with Crippen molar-refractivity contribution >= 4 is 23.6 Å². The molecule has 1 amide bonds. The minimum absolute atomic E-state index is 0.0216. The molecule has 0 fully saturated rings. The number of anilines is 1. The lowest BCUT2D eigenvalue weighted by molar-refractivity contribution is -0.112. The van der Waals surface area contributed by atoms with Gasteiger partial charge in [0.05, 0.1) is 12.7 Å². The van der Waals surface area contributed by atoms with Crippen molar-refractivity contribution < 1.29 is 14.3 Å². The van der Waals surface area contributed by atoms with Crippen molar-refractivity contribution in [3.05, 3.63) is 70.3 Å². The second-order valence-corrected chi connectivity index (χ2v) is 5.49. The monoisotopic (exact) mass is 334 g/mol. The number of carbonyl (C=O) groups excluding carboxylic acids is 2. The molecule has 2 rings (SSSR count). The number of benzene rings is 2. The highest BCUT2D eigenvalue weighted by Gasteiger charge is 2.12. The molecule has 25 heavy (non-hydrogen) atoms. The highest BCUT2D eigenvalue weighted by atomic mass is 16.5. The van der Waals surface area contributed by atoms with Crippen molar-refractivity contribution in [2.75, 3.05) is 12.4 Å². The van der Waals surface area contributed by atoms with Crippen LogP contribution in [0.25, 0.3) is 6.08 Å². The fourth-order valence-corrected chi connectivity index (χ4v) is 2.22. The third kappa shape index (κ3) is 4.33. The first-order valence-corrected chi connectivity index (χ1v) is 7.64. The zero-order valence-corrected chi connectivity index (χ0v) is 14.3. The van der Waals surface area contributed by atoms with Gasteiger partial charge in [0.15, 0.2) is 0 Å².